The smallest absolute Gasteiger partial charge is 0.279 e. The van der Waals surface area contributed by atoms with Gasteiger partial charge in [0.15, 0.2) is 0 Å². The van der Waals surface area contributed by atoms with Crippen LogP contribution >= 0.6 is 0 Å². The van der Waals surface area contributed by atoms with E-state index in [0.29, 0.717) is 19.6 Å². The molecule has 2 heterocycles. The molecule has 1 aromatic rings. The first-order valence-corrected chi connectivity index (χ1v) is 10.2. The summed E-state index contributed by atoms with van der Waals surface area (Å²) in [5, 5.41) is 0. The minimum atomic E-state index is -3.37. The molecule has 0 radical (unpaired) electrons. The van der Waals surface area contributed by atoms with Crippen molar-refractivity contribution in [2.45, 2.75) is 32.1 Å². The number of hydrogen-bond donors (Lipinski definition) is 1. The van der Waals surface area contributed by atoms with E-state index >= 15 is 0 Å². The molecular formula is C17H26FN3O2S. The Labute approximate surface area is 144 Å². The van der Waals surface area contributed by atoms with Crippen LogP contribution in [0.1, 0.15) is 32.1 Å². The zero-order valence-electron chi connectivity index (χ0n) is 14.0. The van der Waals surface area contributed by atoms with Gasteiger partial charge in [0.2, 0.25) is 0 Å². The Hall–Kier alpha value is -1.18. The van der Waals surface area contributed by atoms with Crippen LogP contribution in [0.25, 0.3) is 0 Å². The summed E-state index contributed by atoms with van der Waals surface area (Å²) in [5.74, 6) is 0.0523. The molecule has 2 aliphatic rings. The molecule has 7 heteroatoms. The third kappa shape index (κ3) is 4.46. The lowest BCUT2D eigenvalue weighted by molar-refractivity contribution is 0.410. The fraction of sp³-hybridized carbons (Fsp3) is 0.647. The molecule has 1 aromatic carbocycles. The highest BCUT2D eigenvalue weighted by atomic mass is 32.2. The van der Waals surface area contributed by atoms with Gasteiger partial charge in [0, 0.05) is 38.4 Å². The number of hydrogen-bond acceptors (Lipinski definition) is 3. The van der Waals surface area contributed by atoms with Gasteiger partial charge in [-0.15, -0.1) is 0 Å². The number of anilines is 1. The van der Waals surface area contributed by atoms with Gasteiger partial charge in [-0.1, -0.05) is 12.8 Å². The van der Waals surface area contributed by atoms with E-state index in [2.05, 4.69) is 9.62 Å². The third-order valence-corrected chi connectivity index (χ3v) is 6.51. The van der Waals surface area contributed by atoms with Crippen molar-refractivity contribution in [2.24, 2.45) is 5.92 Å². The Bertz CT molecular complexity index is 628. The van der Waals surface area contributed by atoms with Gasteiger partial charge in [-0.3, -0.25) is 0 Å². The predicted molar refractivity (Wildman–Crippen MR) is 93.7 cm³/mol. The van der Waals surface area contributed by atoms with Crippen LogP contribution in [0, 0.1) is 11.7 Å². The van der Waals surface area contributed by atoms with E-state index in [0.717, 1.165) is 50.9 Å². The van der Waals surface area contributed by atoms with Crippen LogP contribution in [-0.2, 0) is 10.2 Å². The fourth-order valence-corrected chi connectivity index (χ4v) is 4.85. The Morgan fingerprint density at radius 3 is 2.38 bits per heavy atom. The van der Waals surface area contributed by atoms with Gasteiger partial charge in [-0.2, -0.15) is 12.7 Å². The Kier molecular flexibility index (Phi) is 5.73. The summed E-state index contributed by atoms with van der Waals surface area (Å²) in [7, 11) is -3.37. The summed E-state index contributed by atoms with van der Waals surface area (Å²) in [6, 6.07) is 6.48. The fourth-order valence-electron chi connectivity index (χ4n) is 3.48. The van der Waals surface area contributed by atoms with Crippen LogP contribution in [0.3, 0.4) is 0 Å². The van der Waals surface area contributed by atoms with E-state index in [1.807, 2.05) is 0 Å². The summed E-state index contributed by atoms with van der Waals surface area (Å²) in [6.07, 6.45) is 5.06. The maximum absolute atomic E-state index is 13.0. The number of nitrogens with one attached hydrogen (secondary N) is 1. The van der Waals surface area contributed by atoms with Gasteiger partial charge in [-0.25, -0.2) is 9.11 Å². The standard InChI is InChI=1S/C17H26FN3O2S/c18-16-5-7-17(8-6-16)20-12-9-15(14-20)13-19-24(22,23)21-10-3-1-2-4-11-21/h5-8,15,19H,1-4,9-14H2/t15-/m0/s1. The monoisotopic (exact) mass is 355 g/mol. The number of halogens is 1. The summed E-state index contributed by atoms with van der Waals surface area (Å²) in [6.45, 7) is 3.40. The van der Waals surface area contributed by atoms with Crippen molar-refractivity contribution < 1.29 is 12.8 Å². The second kappa shape index (κ2) is 7.80. The lowest BCUT2D eigenvalue weighted by atomic mass is 10.1. The molecule has 24 heavy (non-hydrogen) atoms. The molecule has 2 fully saturated rings. The highest BCUT2D eigenvalue weighted by Crippen LogP contribution is 2.24. The SMILES string of the molecule is O=S(=O)(NC[C@@H]1CCN(c2ccc(F)cc2)C1)N1CCCCCC1. The molecule has 0 aromatic heterocycles. The van der Waals surface area contributed by atoms with E-state index in [-0.39, 0.29) is 11.7 Å². The molecular weight excluding hydrogens is 329 g/mol. The van der Waals surface area contributed by atoms with Crippen molar-refractivity contribution in [3.63, 3.8) is 0 Å². The summed E-state index contributed by atoms with van der Waals surface area (Å²) >= 11 is 0. The molecule has 0 amide bonds. The molecule has 3 rings (SSSR count). The largest absolute Gasteiger partial charge is 0.371 e. The van der Waals surface area contributed by atoms with Crippen molar-refractivity contribution in [2.75, 3.05) is 37.6 Å². The van der Waals surface area contributed by atoms with Gasteiger partial charge in [0.25, 0.3) is 10.2 Å². The summed E-state index contributed by atoms with van der Waals surface area (Å²) < 4.78 is 42.3. The molecule has 0 aliphatic carbocycles. The molecule has 1 N–H and O–H groups in total. The molecule has 2 aliphatic heterocycles. The van der Waals surface area contributed by atoms with Crippen LogP contribution in [0.5, 0.6) is 0 Å². The topological polar surface area (TPSA) is 52.7 Å². The quantitative estimate of drug-likeness (QED) is 0.882. The molecule has 0 saturated carbocycles. The summed E-state index contributed by atoms with van der Waals surface area (Å²) in [4.78, 5) is 2.18. The van der Waals surface area contributed by atoms with E-state index < -0.39 is 10.2 Å². The predicted octanol–water partition coefficient (Wildman–Crippen LogP) is 2.36. The van der Waals surface area contributed by atoms with E-state index in [1.165, 1.54) is 12.1 Å². The first-order chi connectivity index (χ1) is 11.5. The number of nitrogens with zero attached hydrogens (tertiary/aromatic N) is 2. The van der Waals surface area contributed by atoms with Gasteiger partial charge in [0.1, 0.15) is 5.82 Å². The van der Waals surface area contributed by atoms with E-state index in [9.17, 15) is 12.8 Å². The van der Waals surface area contributed by atoms with Crippen LogP contribution in [0.4, 0.5) is 10.1 Å². The van der Waals surface area contributed by atoms with Gasteiger partial charge in [-0.05, 0) is 49.4 Å². The number of benzene rings is 1. The minimum Gasteiger partial charge on any atom is -0.371 e. The molecule has 0 bridgehead atoms. The Morgan fingerprint density at radius 1 is 1.04 bits per heavy atom. The van der Waals surface area contributed by atoms with Crippen molar-refractivity contribution in [1.29, 1.82) is 0 Å². The lowest BCUT2D eigenvalue weighted by Gasteiger charge is -2.22. The van der Waals surface area contributed by atoms with Crippen molar-refractivity contribution in [3.05, 3.63) is 30.1 Å². The van der Waals surface area contributed by atoms with Crippen molar-refractivity contribution in [3.8, 4) is 0 Å². The zero-order valence-corrected chi connectivity index (χ0v) is 14.8. The van der Waals surface area contributed by atoms with E-state index in [1.54, 1.807) is 16.4 Å². The zero-order chi connectivity index (χ0) is 17.0. The van der Waals surface area contributed by atoms with Crippen molar-refractivity contribution in [1.82, 2.24) is 9.03 Å². The van der Waals surface area contributed by atoms with Crippen LogP contribution < -0.4 is 9.62 Å². The normalized spacial score (nSPS) is 23.4. The maximum atomic E-state index is 13.0. The summed E-state index contributed by atoms with van der Waals surface area (Å²) in [5.41, 5.74) is 0.995. The molecule has 1 atom stereocenters. The molecule has 2 saturated heterocycles. The van der Waals surface area contributed by atoms with Gasteiger partial charge < -0.3 is 4.90 Å². The Morgan fingerprint density at radius 2 is 1.71 bits per heavy atom. The van der Waals surface area contributed by atoms with Gasteiger partial charge >= 0.3 is 0 Å². The van der Waals surface area contributed by atoms with Crippen LogP contribution in [0.15, 0.2) is 24.3 Å². The average Bonchev–Trinajstić information content (AvgIpc) is 2.86. The van der Waals surface area contributed by atoms with Crippen LogP contribution in [-0.4, -0.2) is 45.4 Å². The minimum absolute atomic E-state index is 0.236. The molecule has 5 nitrogen and oxygen atoms in total. The first kappa shape index (κ1) is 17.6. The number of rotatable bonds is 5. The van der Waals surface area contributed by atoms with Crippen molar-refractivity contribution >= 4 is 15.9 Å². The second-order valence-electron chi connectivity index (χ2n) is 6.74. The highest BCUT2D eigenvalue weighted by Gasteiger charge is 2.27. The van der Waals surface area contributed by atoms with Crippen LogP contribution in [0.2, 0.25) is 0 Å². The van der Waals surface area contributed by atoms with Gasteiger partial charge in [0.05, 0.1) is 0 Å². The second-order valence-corrected chi connectivity index (χ2v) is 8.50. The molecule has 0 spiro atoms. The molecule has 0 unspecified atom stereocenters. The average molecular weight is 355 g/mol. The third-order valence-electron chi connectivity index (χ3n) is 4.94. The molecule has 134 valence electrons. The highest BCUT2D eigenvalue weighted by molar-refractivity contribution is 7.87. The first-order valence-electron chi connectivity index (χ1n) is 8.80. The Balaban J connectivity index is 1.51. The van der Waals surface area contributed by atoms with E-state index in [4.69, 9.17) is 0 Å². The maximum Gasteiger partial charge on any atom is 0.279 e. The lowest BCUT2D eigenvalue weighted by Crippen LogP contribution is -2.43.